The van der Waals surface area contributed by atoms with E-state index in [0.29, 0.717) is 23.9 Å². The number of rotatable bonds is 2. The van der Waals surface area contributed by atoms with Crippen LogP contribution in [0.1, 0.15) is 53.4 Å². The predicted octanol–water partition coefficient (Wildman–Crippen LogP) is 3.19. The number of hydrogen-bond acceptors (Lipinski definition) is 2. The van der Waals surface area contributed by atoms with Gasteiger partial charge in [-0.3, -0.25) is 4.90 Å². The van der Waals surface area contributed by atoms with Crippen molar-refractivity contribution >= 4 is 0 Å². The van der Waals surface area contributed by atoms with Crippen molar-refractivity contribution in [2.45, 2.75) is 65.5 Å². The largest absolute Gasteiger partial charge is 0.296 e. The Bertz CT molecular complexity index is 234. The van der Waals surface area contributed by atoms with Crippen LogP contribution in [0.15, 0.2) is 0 Å². The Balaban J connectivity index is 2.70. The van der Waals surface area contributed by atoms with Crippen molar-refractivity contribution in [3.8, 4) is 6.07 Å². The van der Waals surface area contributed by atoms with Gasteiger partial charge < -0.3 is 0 Å². The van der Waals surface area contributed by atoms with Gasteiger partial charge in [-0.15, -0.1) is 0 Å². The number of likely N-dealkylation sites (tertiary alicyclic amines) is 1. The zero-order chi connectivity index (χ0) is 11.5. The van der Waals surface area contributed by atoms with Gasteiger partial charge in [-0.1, -0.05) is 27.2 Å². The molecular formula is C13H24N2. The molecule has 2 unspecified atom stereocenters. The lowest BCUT2D eigenvalue weighted by Gasteiger charge is -2.46. The highest BCUT2D eigenvalue weighted by molar-refractivity contribution is 4.91. The maximum absolute atomic E-state index is 8.78. The van der Waals surface area contributed by atoms with E-state index in [0.717, 1.165) is 0 Å². The van der Waals surface area contributed by atoms with Crippen molar-refractivity contribution in [3.63, 3.8) is 0 Å². The Kier molecular flexibility index (Phi) is 4.16. The van der Waals surface area contributed by atoms with Crippen LogP contribution in [0.25, 0.3) is 0 Å². The molecule has 1 fully saturated rings. The molecule has 1 aliphatic heterocycles. The third kappa shape index (κ3) is 3.21. The molecule has 0 aromatic heterocycles. The van der Waals surface area contributed by atoms with Gasteiger partial charge >= 0.3 is 0 Å². The van der Waals surface area contributed by atoms with E-state index in [1.165, 1.54) is 25.8 Å². The molecular weight excluding hydrogens is 184 g/mol. The van der Waals surface area contributed by atoms with E-state index in [1.807, 2.05) is 0 Å². The van der Waals surface area contributed by atoms with Gasteiger partial charge in [-0.05, 0) is 31.7 Å². The molecule has 0 bridgehead atoms. The van der Waals surface area contributed by atoms with Gasteiger partial charge in [0, 0.05) is 12.1 Å². The smallest absolute Gasteiger partial charge is 0.0638 e. The monoisotopic (exact) mass is 208 g/mol. The first-order valence-corrected chi connectivity index (χ1v) is 6.09. The highest BCUT2D eigenvalue weighted by Gasteiger charge is 2.34. The van der Waals surface area contributed by atoms with E-state index in [1.54, 1.807) is 0 Å². The van der Waals surface area contributed by atoms with Crippen LogP contribution in [0.3, 0.4) is 0 Å². The van der Waals surface area contributed by atoms with Gasteiger partial charge in [0.2, 0.25) is 0 Å². The van der Waals surface area contributed by atoms with Crippen molar-refractivity contribution in [2.24, 2.45) is 5.41 Å². The molecule has 0 aliphatic carbocycles. The lowest BCUT2D eigenvalue weighted by molar-refractivity contribution is 0.0345. The summed E-state index contributed by atoms with van der Waals surface area (Å²) < 4.78 is 0. The first kappa shape index (κ1) is 12.5. The second-order valence-electron chi connectivity index (χ2n) is 5.83. The molecule has 0 aromatic rings. The first-order chi connectivity index (χ1) is 6.96. The lowest BCUT2D eigenvalue weighted by Crippen LogP contribution is -2.50. The molecule has 0 saturated carbocycles. The van der Waals surface area contributed by atoms with Crippen LogP contribution < -0.4 is 0 Å². The van der Waals surface area contributed by atoms with Crippen LogP contribution in [-0.4, -0.2) is 23.5 Å². The number of nitriles is 1. The molecule has 1 heterocycles. The van der Waals surface area contributed by atoms with Crippen LogP contribution in [0.4, 0.5) is 0 Å². The van der Waals surface area contributed by atoms with Gasteiger partial charge in [-0.25, -0.2) is 0 Å². The molecule has 0 aromatic carbocycles. The first-order valence-electron chi connectivity index (χ1n) is 6.09. The van der Waals surface area contributed by atoms with Gasteiger partial charge in [0.15, 0.2) is 0 Å². The molecule has 2 nitrogen and oxygen atoms in total. The summed E-state index contributed by atoms with van der Waals surface area (Å²) in [6.45, 7) is 10.3. The van der Waals surface area contributed by atoms with Crippen LogP contribution >= 0.6 is 0 Å². The highest BCUT2D eigenvalue weighted by atomic mass is 15.2. The van der Waals surface area contributed by atoms with E-state index < -0.39 is 0 Å². The fourth-order valence-corrected chi connectivity index (χ4v) is 2.66. The molecule has 0 radical (unpaired) electrons. The molecule has 1 aliphatic rings. The Hall–Kier alpha value is -0.550. The molecule has 2 heteroatoms. The molecule has 0 N–H and O–H groups in total. The Morgan fingerprint density at radius 3 is 2.60 bits per heavy atom. The molecule has 86 valence electrons. The fraction of sp³-hybridized carbons (Fsp3) is 0.923. The zero-order valence-corrected chi connectivity index (χ0v) is 10.6. The summed E-state index contributed by atoms with van der Waals surface area (Å²) >= 11 is 0. The van der Waals surface area contributed by atoms with Gasteiger partial charge in [0.05, 0.1) is 12.5 Å². The summed E-state index contributed by atoms with van der Waals surface area (Å²) in [5.41, 5.74) is 0.337. The predicted molar refractivity (Wildman–Crippen MR) is 63.5 cm³/mol. The molecule has 15 heavy (non-hydrogen) atoms. The normalized spacial score (nSPS) is 25.9. The van der Waals surface area contributed by atoms with Gasteiger partial charge in [-0.2, -0.15) is 5.26 Å². The van der Waals surface area contributed by atoms with Crippen molar-refractivity contribution in [1.82, 2.24) is 4.90 Å². The third-order valence-electron chi connectivity index (χ3n) is 3.50. The zero-order valence-electron chi connectivity index (χ0n) is 10.6. The van der Waals surface area contributed by atoms with Crippen molar-refractivity contribution < 1.29 is 0 Å². The topological polar surface area (TPSA) is 27.0 Å². The highest BCUT2D eigenvalue weighted by Crippen LogP contribution is 2.33. The fourth-order valence-electron chi connectivity index (χ4n) is 2.66. The van der Waals surface area contributed by atoms with Crippen molar-refractivity contribution in [1.29, 1.82) is 5.26 Å². The summed E-state index contributed by atoms with van der Waals surface area (Å²) in [6, 6.07) is 3.36. The summed E-state index contributed by atoms with van der Waals surface area (Å²) in [7, 11) is 0. The van der Waals surface area contributed by atoms with Crippen LogP contribution in [-0.2, 0) is 0 Å². The minimum Gasteiger partial charge on any atom is -0.296 e. The summed E-state index contributed by atoms with van der Waals surface area (Å²) in [5.74, 6) is 0. The van der Waals surface area contributed by atoms with Crippen molar-refractivity contribution in [3.05, 3.63) is 0 Å². The van der Waals surface area contributed by atoms with Crippen LogP contribution in [0.5, 0.6) is 0 Å². The quantitative estimate of drug-likeness (QED) is 0.697. The summed E-state index contributed by atoms with van der Waals surface area (Å²) in [4.78, 5) is 2.55. The maximum Gasteiger partial charge on any atom is 0.0638 e. The molecule has 0 spiro atoms. The van der Waals surface area contributed by atoms with E-state index in [2.05, 4.69) is 38.7 Å². The van der Waals surface area contributed by atoms with E-state index in [9.17, 15) is 0 Å². The second kappa shape index (κ2) is 4.99. The SMILES string of the molecule is CC(CC#N)N1CCCCC1C(C)(C)C. The van der Waals surface area contributed by atoms with Crippen molar-refractivity contribution in [2.75, 3.05) is 6.54 Å². The standard InChI is InChI=1S/C13H24N2/c1-11(8-9-14)15-10-6-5-7-12(15)13(2,3)4/h11-12H,5-8,10H2,1-4H3. The van der Waals surface area contributed by atoms with Crippen LogP contribution in [0.2, 0.25) is 0 Å². The van der Waals surface area contributed by atoms with Crippen LogP contribution in [0, 0.1) is 16.7 Å². The van der Waals surface area contributed by atoms with E-state index in [-0.39, 0.29) is 0 Å². The second-order valence-corrected chi connectivity index (χ2v) is 5.83. The maximum atomic E-state index is 8.78. The molecule has 0 amide bonds. The lowest BCUT2D eigenvalue weighted by atomic mass is 9.80. The third-order valence-corrected chi connectivity index (χ3v) is 3.50. The average Bonchev–Trinajstić information content (AvgIpc) is 2.17. The van der Waals surface area contributed by atoms with E-state index >= 15 is 0 Å². The Morgan fingerprint density at radius 2 is 2.07 bits per heavy atom. The molecule has 1 saturated heterocycles. The minimum atomic E-state index is 0.337. The summed E-state index contributed by atoms with van der Waals surface area (Å²) in [5, 5.41) is 8.78. The Labute approximate surface area is 94.3 Å². The van der Waals surface area contributed by atoms with Gasteiger partial charge in [0.25, 0.3) is 0 Å². The average molecular weight is 208 g/mol. The van der Waals surface area contributed by atoms with Gasteiger partial charge in [0.1, 0.15) is 0 Å². The van der Waals surface area contributed by atoms with E-state index in [4.69, 9.17) is 5.26 Å². The Morgan fingerprint density at radius 1 is 1.40 bits per heavy atom. The molecule has 2 atom stereocenters. The molecule has 1 rings (SSSR count). The minimum absolute atomic E-state index is 0.337. The number of piperidine rings is 1. The summed E-state index contributed by atoms with van der Waals surface area (Å²) in [6.07, 6.45) is 4.59. The number of hydrogen-bond donors (Lipinski definition) is 0. The number of nitrogens with zero attached hydrogens (tertiary/aromatic N) is 2.